The number of carbonyl (C=O) groups excluding carboxylic acids is 1. The molecule has 0 aliphatic heterocycles. The standard InChI is InChI=1S/C23H31N5O/c1-15(2)22(17-6-5-9-25-13-17)20(23(24)29)12-19(28(3)4)11-16-7-8-21-18(10-16)14-26-27-21/h5-10,13-15,19-20,22H,11-12H2,1-4H3,(H2,24,29)(H,26,27)/t19-,20?,22?/m1/s1. The lowest BCUT2D eigenvalue weighted by molar-refractivity contribution is -0.123. The van der Waals surface area contributed by atoms with Crippen molar-refractivity contribution >= 4 is 16.8 Å². The van der Waals surface area contributed by atoms with Crippen LogP contribution in [0.5, 0.6) is 0 Å². The third-order valence-electron chi connectivity index (χ3n) is 5.82. The summed E-state index contributed by atoms with van der Waals surface area (Å²) in [5.41, 5.74) is 9.25. The van der Waals surface area contributed by atoms with E-state index in [9.17, 15) is 4.79 Å². The maximum absolute atomic E-state index is 12.5. The average molecular weight is 394 g/mol. The molecule has 29 heavy (non-hydrogen) atoms. The van der Waals surface area contributed by atoms with E-state index in [-0.39, 0.29) is 29.7 Å². The van der Waals surface area contributed by atoms with Crippen LogP contribution < -0.4 is 5.73 Å². The van der Waals surface area contributed by atoms with E-state index in [0.717, 1.165) is 22.9 Å². The van der Waals surface area contributed by atoms with E-state index >= 15 is 0 Å². The number of amides is 1. The summed E-state index contributed by atoms with van der Waals surface area (Å²) in [4.78, 5) is 19.0. The van der Waals surface area contributed by atoms with Gasteiger partial charge in [0.15, 0.2) is 0 Å². The number of primary amides is 1. The van der Waals surface area contributed by atoms with Gasteiger partial charge in [0.1, 0.15) is 0 Å². The topological polar surface area (TPSA) is 87.9 Å². The Balaban J connectivity index is 1.86. The summed E-state index contributed by atoms with van der Waals surface area (Å²) in [5.74, 6) is -0.184. The molecule has 0 radical (unpaired) electrons. The van der Waals surface area contributed by atoms with Gasteiger partial charge in [0.2, 0.25) is 5.91 Å². The van der Waals surface area contributed by atoms with Crippen LogP contribution in [0.3, 0.4) is 0 Å². The van der Waals surface area contributed by atoms with Gasteiger partial charge in [0.25, 0.3) is 0 Å². The molecule has 0 saturated carbocycles. The molecule has 3 N–H and O–H groups in total. The lowest BCUT2D eigenvalue weighted by atomic mass is 9.75. The van der Waals surface area contributed by atoms with Crippen LogP contribution in [0.15, 0.2) is 48.9 Å². The molecule has 1 aromatic carbocycles. The maximum atomic E-state index is 12.5. The molecule has 2 heterocycles. The van der Waals surface area contributed by atoms with E-state index in [1.54, 1.807) is 6.20 Å². The number of likely N-dealkylation sites (N-methyl/N-ethyl adjacent to an activating group) is 1. The van der Waals surface area contributed by atoms with Crippen LogP contribution in [-0.2, 0) is 11.2 Å². The predicted octanol–water partition coefficient (Wildman–Crippen LogP) is 3.36. The normalized spacial score (nSPS) is 15.0. The highest BCUT2D eigenvalue weighted by Gasteiger charge is 2.33. The fraction of sp³-hybridized carbons (Fsp3) is 0.435. The van der Waals surface area contributed by atoms with Crippen molar-refractivity contribution in [3.63, 3.8) is 0 Å². The Kier molecular flexibility index (Phi) is 6.64. The number of hydrogen-bond acceptors (Lipinski definition) is 4. The average Bonchev–Trinajstić information content (AvgIpc) is 3.14. The first-order valence-electron chi connectivity index (χ1n) is 10.1. The SMILES string of the molecule is CC(C)C(c1cccnc1)C(C[C@@H](Cc1ccc2[nH]ncc2c1)N(C)C)C(N)=O. The number of hydrogen-bond donors (Lipinski definition) is 2. The summed E-state index contributed by atoms with van der Waals surface area (Å²) in [6.45, 7) is 4.29. The Bertz CT molecular complexity index is 935. The molecule has 3 rings (SSSR count). The summed E-state index contributed by atoms with van der Waals surface area (Å²) in [7, 11) is 4.13. The smallest absolute Gasteiger partial charge is 0.221 e. The van der Waals surface area contributed by atoms with E-state index in [1.807, 2.05) is 24.5 Å². The van der Waals surface area contributed by atoms with Crippen LogP contribution in [0.4, 0.5) is 0 Å². The molecule has 1 amide bonds. The lowest BCUT2D eigenvalue weighted by Gasteiger charge is -2.33. The minimum atomic E-state index is -0.260. The van der Waals surface area contributed by atoms with Crippen LogP contribution >= 0.6 is 0 Å². The molecule has 3 atom stereocenters. The quantitative estimate of drug-likeness (QED) is 0.583. The second-order valence-corrected chi connectivity index (χ2v) is 8.41. The summed E-state index contributed by atoms with van der Waals surface area (Å²) < 4.78 is 0. The van der Waals surface area contributed by atoms with Gasteiger partial charge in [-0.15, -0.1) is 0 Å². The number of nitrogens with zero attached hydrogens (tertiary/aromatic N) is 3. The zero-order valence-corrected chi connectivity index (χ0v) is 17.7. The molecule has 2 unspecified atom stereocenters. The molecule has 6 heteroatoms. The highest BCUT2D eigenvalue weighted by Crippen LogP contribution is 2.35. The first kappa shape index (κ1) is 21.0. The molecule has 0 aliphatic rings. The Morgan fingerprint density at radius 3 is 2.62 bits per heavy atom. The molecular weight excluding hydrogens is 362 g/mol. The molecule has 0 bridgehead atoms. The van der Waals surface area contributed by atoms with Gasteiger partial charge in [0.05, 0.1) is 11.7 Å². The first-order chi connectivity index (χ1) is 13.9. The van der Waals surface area contributed by atoms with Gasteiger partial charge in [-0.2, -0.15) is 5.10 Å². The molecule has 2 aromatic heterocycles. The number of rotatable bonds is 9. The second kappa shape index (κ2) is 9.18. The number of aromatic amines is 1. The lowest BCUT2D eigenvalue weighted by Crippen LogP contribution is -2.39. The fourth-order valence-electron chi connectivity index (χ4n) is 4.26. The van der Waals surface area contributed by atoms with Crippen molar-refractivity contribution in [3.05, 3.63) is 60.0 Å². The van der Waals surface area contributed by atoms with Gasteiger partial charge >= 0.3 is 0 Å². The van der Waals surface area contributed by atoms with Crippen LogP contribution in [0.25, 0.3) is 10.9 Å². The predicted molar refractivity (Wildman–Crippen MR) is 116 cm³/mol. The maximum Gasteiger partial charge on any atom is 0.221 e. The zero-order valence-electron chi connectivity index (χ0n) is 17.7. The van der Waals surface area contributed by atoms with Crippen molar-refractivity contribution in [2.45, 2.75) is 38.6 Å². The molecule has 3 aromatic rings. The molecule has 0 fully saturated rings. The molecule has 0 spiro atoms. The number of aromatic nitrogens is 3. The van der Waals surface area contributed by atoms with Gasteiger partial charge in [-0.05, 0) is 68.1 Å². The molecule has 154 valence electrons. The minimum Gasteiger partial charge on any atom is -0.369 e. The van der Waals surface area contributed by atoms with Crippen LogP contribution in [0, 0.1) is 11.8 Å². The van der Waals surface area contributed by atoms with Crippen LogP contribution in [0.2, 0.25) is 0 Å². The summed E-state index contributed by atoms with van der Waals surface area (Å²) in [5, 5.41) is 8.19. The largest absolute Gasteiger partial charge is 0.369 e. The number of H-pyrrole nitrogens is 1. The molecular formula is C23H31N5O. The Labute approximate surface area is 172 Å². The van der Waals surface area contributed by atoms with Crippen molar-refractivity contribution in [2.75, 3.05) is 14.1 Å². The third kappa shape index (κ3) is 5.01. The summed E-state index contributed by atoms with van der Waals surface area (Å²) in [6, 6.07) is 10.5. The minimum absolute atomic E-state index is 0.0417. The third-order valence-corrected chi connectivity index (χ3v) is 5.82. The van der Waals surface area contributed by atoms with Gasteiger partial charge < -0.3 is 10.6 Å². The van der Waals surface area contributed by atoms with E-state index in [0.29, 0.717) is 6.42 Å². The number of carbonyl (C=O) groups is 1. The Hall–Kier alpha value is -2.73. The van der Waals surface area contributed by atoms with E-state index in [4.69, 9.17) is 5.73 Å². The van der Waals surface area contributed by atoms with Gasteiger partial charge in [0, 0.05) is 29.7 Å². The fourth-order valence-corrected chi connectivity index (χ4v) is 4.26. The van der Waals surface area contributed by atoms with Gasteiger partial charge in [-0.25, -0.2) is 0 Å². The summed E-state index contributed by atoms with van der Waals surface area (Å²) >= 11 is 0. The Morgan fingerprint density at radius 2 is 2.00 bits per heavy atom. The van der Waals surface area contributed by atoms with Crippen molar-refractivity contribution in [1.82, 2.24) is 20.1 Å². The number of nitrogens with two attached hydrogens (primary N) is 1. The number of pyridine rings is 1. The van der Waals surface area contributed by atoms with Crippen molar-refractivity contribution in [1.29, 1.82) is 0 Å². The van der Waals surface area contributed by atoms with Crippen molar-refractivity contribution < 1.29 is 4.79 Å². The summed E-state index contributed by atoms with van der Waals surface area (Å²) in [6.07, 6.45) is 7.00. The van der Waals surface area contributed by atoms with Crippen LogP contribution in [-0.4, -0.2) is 46.1 Å². The second-order valence-electron chi connectivity index (χ2n) is 8.41. The number of benzene rings is 1. The number of nitrogens with one attached hydrogen (secondary N) is 1. The van der Waals surface area contributed by atoms with Crippen molar-refractivity contribution in [2.24, 2.45) is 17.6 Å². The van der Waals surface area contributed by atoms with E-state index in [1.165, 1.54) is 5.56 Å². The highest BCUT2D eigenvalue weighted by atomic mass is 16.1. The van der Waals surface area contributed by atoms with Crippen molar-refractivity contribution in [3.8, 4) is 0 Å². The molecule has 0 saturated heterocycles. The zero-order chi connectivity index (χ0) is 21.0. The van der Waals surface area contributed by atoms with Gasteiger partial charge in [-0.3, -0.25) is 14.9 Å². The Morgan fingerprint density at radius 1 is 1.21 bits per heavy atom. The van der Waals surface area contributed by atoms with Gasteiger partial charge in [-0.1, -0.05) is 26.0 Å². The first-order valence-corrected chi connectivity index (χ1v) is 10.1. The molecule has 0 aliphatic carbocycles. The van der Waals surface area contributed by atoms with E-state index in [2.05, 4.69) is 66.2 Å². The monoisotopic (exact) mass is 393 g/mol. The molecule has 6 nitrogen and oxygen atoms in total. The van der Waals surface area contributed by atoms with E-state index < -0.39 is 0 Å². The van der Waals surface area contributed by atoms with Crippen LogP contribution in [0.1, 0.15) is 37.3 Å². The number of fused-ring (bicyclic) bond motifs is 1. The highest BCUT2D eigenvalue weighted by molar-refractivity contribution is 5.79.